The average molecular weight is 544 g/mol. The van der Waals surface area contributed by atoms with Crippen LogP contribution in [0, 0.1) is 0 Å². The van der Waals surface area contributed by atoms with Gasteiger partial charge in [-0.1, -0.05) is 72.4 Å². The zero-order valence-corrected chi connectivity index (χ0v) is 23.8. The van der Waals surface area contributed by atoms with Gasteiger partial charge in [-0.3, -0.25) is 4.99 Å². The summed E-state index contributed by atoms with van der Waals surface area (Å²) in [5.41, 5.74) is 1.97. The van der Waals surface area contributed by atoms with E-state index in [-0.39, 0.29) is 29.8 Å². The van der Waals surface area contributed by atoms with E-state index in [0.717, 1.165) is 16.3 Å². The summed E-state index contributed by atoms with van der Waals surface area (Å²) < 4.78 is 36.1. The fourth-order valence-corrected chi connectivity index (χ4v) is 5.79. The largest absolute Gasteiger partial charge is 0.368 e. The van der Waals surface area contributed by atoms with E-state index in [0.29, 0.717) is 19.6 Å². The van der Waals surface area contributed by atoms with E-state index in [1.54, 1.807) is 18.0 Å². The third-order valence-electron chi connectivity index (χ3n) is 6.08. The first-order valence-corrected chi connectivity index (χ1v) is 14.5. The number of fused-ring (bicyclic) bond motifs is 1. The third-order valence-corrected chi connectivity index (χ3v) is 8.77. The molecule has 0 N–H and O–H groups in total. The Morgan fingerprint density at radius 3 is 2.11 bits per heavy atom. The lowest BCUT2D eigenvalue weighted by molar-refractivity contribution is -0.195. The Kier molecular flexibility index (Phi) is 9.58. The molecule has 0 aromatic heterocycles. The van der Waals surface area contributed by atoms with Crippen LogP contribution in [0.2, 0.25) is 0 Å². The van der Waals surface area contributed by atoms with Crippen molar-refractivity contribution in [1.82, 2.24) is 4.90 Å². The number of ether oxygens (including phenoxy) is 3. The number of amidine groups is 1. The Balaban J connectivity index is 1.60. The predicted molar refractivity (Wildman–Crippen MR) is 152 cm³/mol. The SMILES string of the molecule is CN(C)C1=N[C@@H]2[C@@H](OCc3ccccc3)[C@@H](OCc3ccccc3)[C@@H](CC=NS(=O)C(C)(C)C)O[C@@H]2S1. The minimum Gasteiger partial charge on any atom is -0.368 e. The molecule has 0 spiro atoms. The highest BCUT2D eigenvalue weighted by atomic mass is 32.2. The van der Waals surface area contributed by atoms with Crippen molar-refractivity contribution in [2.45, 2.75) is 74.9 Å². The standard InChI is InChI=1S/C28H37N3O4S2/c1-28(2,3)37(32)29-17-16-22-24(33-18-20-12-8-6-9-13-20)25(34-19-21-14-10-7-11-15-21)23-26(35-22)36-27(30-23)31(4)5/h6-15,17,22-26H,16,18-19H2,1-5H3/t22-,23-,24+,25-,26-,37?/m1/s1. The van der Waals surface area contributed by atoms with Crippen LogP contribution < -0.4 is 0 Å². The van der Waals surface area contributed by atoms with E-state index in [2.05, 4.69) is 16.5 Å². The van der Waals surface area contributed by atoms with E-state index in [1.165, 1.54) is 0 Å². The summed E-state index contributed by atoms with van der Waals surface area (Å²) in [6, 6.07) is 20.0. The third kappa shape index (κ3) is 7.51. The molecule has 0 radical (unpaired) electrons. The Morgan fingerprint density at radius 2 is 1.57 bits per heavy atom. The molecule has 9 heteroatoms. The van der Waals surface area contributed by atoms with Crippen molar-refractivity contribution >= 4 is 34.1 Å². The van der Waals surface area contributed by atoms with Gasteiger partial charge in [-0.15, -0.1) is 0 Å². The second-order valence-electron chi connectivity index (χ2n) is 10.4. The number of thioether (sulfide) groups is 1. The van der Waals surface area contributed by atoms with Crippen LogP contribution in [0.1, 0.15) is 38.3 Å². The van der Waals surface area contributed by atoms with Gasteiger partial charge >= 0.3 is 0 Å². The van der Waals surface area contributed by atoms with Gasteiger partial charge in [0.25, 0.3) is 0 Å². The summed E-state index contributed by atoms with van der Waals surface area (Å²) in [7, 11) is 2.64. The molecule has 0 bridgehead atoms. The molecule has 6 atom stereocenters. The lowest BCUT2D eigenvalue weighted by Crippen LogP contribution is -2.56. The van der Waals surface area contributed by atoms with Crippen molar-refractivity contribution in [3.63, 3.8) is 0 Å². The molecule has 200 valence electrons. The van der Waals surface area contributed by atoms with Crippen LogP contribution in [0.3, 0.4) is 0 Å². The lowest BCUT2D eigenvalue weighted by Gasteiger charge is -2.42. The maximum Gasteiger partial charge on any atom is 0.161 e. The number of benzene rings is 2. The van der Waals surface area contributed by atoms with Gasteiger partial charge in [-0.2, -0.15) is 4.40 Å². The van der Waals surface area contributed by atoms with Gasteiger partial charge in [-0.05, 0) is 31.9 Å². The number of hydrogen-bond donors (Lipinski definition) is 0. The number of rotatable bonds is 9. The number of aliphatic imine (C=N–C) groups is 1. The molecule has 1 saturated heterocycles. The molecule has 2 aromatic rings. The molecule has 7 nitrogen and oxygen atoms in total. The fourth-order valence-electron chi connectivity index (χ4n) is 4.10. The van der Waals surface area contributed by atoms with Crippen LogP contribution in [0.4, 0.5) is 0 Å². The van der Waals surface area contributed by atoms with Gasteiger partial charge in [0.15, 0.2) is 5.17 Å². The van der Waals surface area contributed by atoms with E-state index >= 15 is 0 Å². The predicted octanol–water partition coefficient (Wildman–Crippen LogP) is 4.84. The molecule has 2 aliphatic rings. The van der Waals surface area contributed by atoms with Crippen LogP contribution in [0.15, 0.2) is 70.1 Å². The molecule has 2 aromatic carbocycles. The highest BCUT2D eigenvalue weighted by Crippen LogP contribution is 2.40. The van der Waals surface area contributed by atoms with Crippen LogP contribution in [0.25, 0.3) is 0 Å². The van der Waals surface area contributed by atoms with Crippen LogP contribution in [0.5, 0.6) is 0 Å². The topological polar surface area (TPSA) is 72.7 Å². The Hall–Kier alpha value is -2.04. The molecule has 2 heterocycles. The minimum atomic E-state index is -1.33. The van der Waals surface area contributed by atoms with Crippen molar-refractivity contribution in [2.75, 3.05) is 14.1 Å². The normalized spacial score (nSPS) is 26.6. The molecule has 4 rings (SSSR count). The second kappa shape index (κ2) is 12.7. The fraction of sp³-hybridized carbons (Fsp3) is 0.500. The number of nitrogens with zero attached hydrogens (tertiary/aromatic N) is 3. The van der Waals surface area contributed by atoms with E-state index < -0.39 is 15.7 Å². The van der Waals surface area contributed by atoms with Gasteiger partial charge in [0, 0.05) is 26.7 Å². The smallest absolute Gasteiger partial charge is 0.161 e. The highest BCUT2D eigenvalue weighted by Gasteiger charge is 2.50. The molecule has 1 fully saturated rings. The van der Waals surface area contributed by atoms with E-state index in [1.807, 2.05) is 88.3 Å². The maximum atomic E-state index is 12.5. The van der Waals surface area contributed by atoms with Crippen molar-refractivity contribution in [1.29, 1.82) is 0 Å². The first kappa shape index (κ1) is 28.0. The van der Waals surface area contributed by atoms with Crippen LogP contribution >= 0.6 is 11.8 Å². The molecule has 2 aliphatic heterocycles. The average Bonchev–Trinajstić information content (AvgIpc) is 3.31. The van der Waals surface area contributed by atoms with Gasteiger partial charge in [0.05, 0.1) is 24.1 Å². The zero-order valence-electron chi connectivity index (χ0n) is 22.2. The van der Waals surface area contributed by atoms with Gasteiger partial charge in [-0.25, -0.2) is 4.21 Å². The quantitative estimate of drug-likeness (QED) is 0.422. The van der Waals surface area contributed by atoms with Crippen molar-refractivity contribution < 1.29 is 18.4 Å². The first-order chi connectivity index (χ1) is 17.7. The molecule has 37 heavy (non-hydrogen) atoms. The summed E-state index contributed by atoms with van der Waals surface area (Å²) in [6.07, 6.45) is 1.15. The van der Waals surface area contributed by atoms with Crippen molar-refractivity contribution in [3.8, 4) is 0 Å². The van der Waals surface area contributed by atoms with Crippen molar-refractivity contribution in [3.05, 3.63) is 71.8 Å². The summed E-state index contributed by atoms with van der Waals surface area (Å²) in [4.78, 5) is 6.98. The monoisotopic (exact) mass is 543 g/mol. The van der Waals surface area contributed by atoms with Gasteiger partial charge in [0.1, 0.15) is 34.7 Å². The summed E-state index contributed by atoms with van der Waals surface area (Å²) in [5.74, 6) is 0. The Morgan fingerprint density at radius 1 is 1.00 bits per heavy atom. The minimum absolute atomic E-state index is 0.193. The summed E-state index contributed by atoms with van der Waals surface area (Å²) in [6.45, 7) is 6.62. The molecule has 0 amide bonds. The molecular formula is C28H37N3O4S2. The van der Waals surface area contributed by atoms with Crippen molar-refractivity contribution in [2.24, 2.45) is 9.39 Å². The van der Waals surface area contributed by atoms with E-state index in [4.69, 9.17) is 19.2 Å². The van der Waals surface area contributed by atoms with Crippen LogP contribution in [-0.4, -0.2) is 69.1 Å². The molecule has 1 unspecified atom stereocenters. The molecular weight excluding hydrogens is 506 g/mol. The van der Waals surface area contributed by atoms with Gasteiger partial charge in [0.2, 0.25) is 0 Å². The Labute approximate surface area is 227 Å². The molecule has 0 saturated carbocycles. The highest BCUT2D eigenvalue weighted by molar-refractivity contribution is 8.14. The number of hydrogen-bond acceptors (Lipinski definition) is 7. The Bertz CT molecular complexity index is 1090. The maximum absolute atomic E-state index is 12.5. The lowest BCUT2D eigenvalue weighted by atomic mass is 9.95. The van der Waals surface area contributed by atoms with Crippen LogP contribution in [-0.2, 0) is 38.4 Å². The second-order valence-corrected chi connectivity index (χ2v) is 13.4. The summed E-state index contributed by atoms with van der Waals surface area (Å²) in [5, 5.41) is 0.910. The first-order valence-electron chi connectivity index (χ1n) is 12.5. The van der Waals surface area contributed by atoms with E-state index in [9.17, 15) is 4.21 Å². The zero-order chi connectivity index (χ0) is 26.4. The van der Waals surface area contributed by atoms with Gasteiger partial charge < -0.3 is 19.1 Å². The molecule has 0 aliphatic carbocycles. The summed E-state index contributed by atoms with van der Waals surface area (Å²) >= 11 is 1.61.